The van der Waals surface area contributed by atoms with Gasteiger partial charge in [0.2, 0.25) is 5.91 Å². The Bertz CT molecular complexity index is 889. The number of nitrogens with zero attached hydrogens (tertiary/aromatic N) is 1. The quantitative estimate of drug-likeness (QED) is 0.781. The minimum atomic E-state index is -3.84. The van der Waals surface area contributed by atoms with Gasteiger partial charge in [0.15, 0.2) is 9.84 Å². The van der Waals surface area contributed by atoms with Gasteiger partial charge in [-0.15, -0.1) is 0 Å². The molecule has 1 fully saturated rings. The van der Waals surface area contributed by atoms with Gasteiger partial charge in [-0.25, -0.2) is 12.8 Å². The first-order chi connectivity index (χ1) is 11.9. The Labute approximate surface area is 147 Å². The molecular weight excluding hydrogens is 341 g/mol. The van der Waals surface area contributed by atoms with Crippen molar-refractivity contribution in [3.05, 3.63) is 42.2 Å². The molecule has 3 rings (SSSR count). The van der Waals surface area contributed by atoms with E-state index in [1.807, 2.05) is 0 Å². The van der Waals surface area contributed by atoms with Crippen LogP contribution < -0.4 is 0 Å². The molecule has 1 saturated carbocycles. The van der Waals surface area contributed by atoms with Crippen molar-refractivity contribution in [1.29, 1.82) is 0 Å². The Kier molecular flexibility index (Phi) is 5.08. The summed E-state index contributed by atoms with van der Waals surface area (Å²) in [5, 5.41) is 0.562. The Morgan fingerprint density at radius 3 is 2.40 bits per heavy atom. The normalized spacial score (nSPS) is 16.1. The standard InChI is InChI=1S/C19H22FNO3S/c1-21(14-7-3-2-4-8-14)19(22)13-25(23,24)18-12-11-17(20)15-9-5-6-10-16(15)18/h5-6,9-12,14H,2-4,7-8,13H2,1H3. The number of halogens is 1. The van der Waals surface area contributed by atoms with Gasteiger partial charge < -0.3 is 4.90 Å². The lowest BCUT2D eigenvalue weighted by Crippen LogP contribution is -2.41. The van der Waals surface area contributed by atoms with Crippen molar-refractivity contribution >= 4 is 26.5 Å². The fraction of sp³-hybridized carbons (Fsp3) is 0.421. The summed E-state index contributed by atoms with van der Waals surface area (Å²) in [5.74, 6) is -1.46. The Morgan fingerprint density at radius 1 is 1.08 bits per heavy atom. The highest BCUT2D eigenvalue weighted by molar-refractivity contribution is 7.92. The minimum Gasteiger partial charge on any atom is -0.342 e. The number of rotatable bonds is 4. The predicted molar refractivity (Wildman–Crippen MR) is 95.6 cm³/mol. The lowest BCUT2D eigenvalue weighted by molar-refractivity contribution is -0.129. The highest BCUT2D eigenvalue weighted by Gasteiger charge is 2.28. The van der Waals surface area contributed by atoms with Gasteiger partial charge in [0.25, 0.3) is 0 Å². The number of amides is 1. The van der Waals surface area contributed by atoms with Crippen LogP contribution in [0, 0.1) is 5.82 Å². The van der Waals surface area contributed by atoms with Crippen molar-refractivity contribution in [2.45, 2.75) is 43.0 Å². The molecule has 0 bridgehead atoms. The van der Waals surface area contributed by atoms with Crippen LogP contribution in [0.2, 0.25) is 0 Å². The van der Waals surface area contributed by atoms with E-state index in [0.29, 0.717) is 5.39 Å². The van der Waals surface area contributed by atoms with Crippen LogP contribution in [0.25, 0.3) is 10.8 Å². The first kappa shape index (κ1) is 17.9. The molecule has 1 aliphatic carbocycles. The van der Waals surface area contributed by atoms with Crippen molar-refractivity contribution in [1.82, 2.24) is 4.90 Å². The van der Waals surface area contributed by atoms with E-state index in [2.05, 4.69) is 0 Å². The second-order valence-electron chi connectivity index (χ2n) is 6.65. The molecular formula is C19H22FNO3S. The molecule has 0 saturated heterocycles. The van der Waals surface area contributed by atoms with E-state index in [9.17, 15) is 17.6 Å². The van der Waals surface area contributed by atoms with Crippen LogP contribution >= 0.6 is 0 Å². The molecule has 1 aliphatic rings. The summed E-state index contributed by atoms with van der Waals surface area (Å²) in [6, 6.07) is 8.94. The third-order valence-corrected chi connectivity index (χ3v) is 6.65. The average molecular weight is 363 g/mol. The Balaban J connectivity index is 1.87. The summed E-state index contributed by atoms with van der Waals surface area (Å²) in [6.07, 6.45) is 5.14. The van der Waals surface area contributed by atoms with Crippen LogP contribution in [-0.4, -0.2) is 38.1 Å². The maximum Gasteiger partial charge on any atom is 0.238 e. The number of carbonyl (C=O) groups is 1. The topological polar surface area (TPSA) is 54.5 Å². The fourth-order valence-electron chi connectivity index (χ4n) is 3.52. The summed E-state index contributed by atoms with van der Waals surface area (Å²) in [6.45, 7) is 0. The van der Waals surface area contributed by atoms with Crippen molar-refractivity contribution in [2.24, 2.45) is 0 Å². The highest BCUT2D eigenvalue weighted by Crippen LogP contribution is 2.27. The molecule has 0 aliphatic heterocycles. The average Bonchev–Trinajstić information content (AvgIpc) is 2.61. The highest BCUT2D eigenvalue weighted by atomic mass is 32.2. The van der Waals surface area contributed by atoms with Gasteiger partial charge in [-0.1, -0.05) is 43.5 Å². The summed E-state index contributed by atoms with van der Waals surface area (Å²) in [4.78, 5) is 14.1. The van der Waals surface area contributed by atoms with Gasteiger partial charge in [0.1, 0.15) is 11.6 Å². The zero-order valence-electron chi connectivity index (χ0n) is 14.2. The van der Waals surface area contributed by atoms with Crippen LogP contribution in [0.3, 0.4) is 0 Å². The molecule has 134 valence electrons. The molecule has 4 nitrogen and oxygen atoms in total. The Hall–Kier alpha value is -1.95. The number of benzene rings is 2. The molecule has 0 unspecified atom stereocenters. The number of hydrogen-bond donors (Lipinski definition) is 0. The number of fused-ring (bicyclic) bond motifs is 1. The van der Waals surface area contributed by atoms with E-state index in [1.54, 1.807) is 36.2 Å². The Morgan fingerprint density at radius 2 is 1.72 bits per heavy atom. The second-order valence-corrected chi connectivity index (χ2v) is 8.60. The second kappa shape index (κ2) is 7.12. The number of hydrogen-bond acceptors (Lipinski definition) is 3. The molecule has 0 N–H and O–H groups in total. The molecule has 0 aromatic heterocycles. The third-order valence-electron chi connectivity index (χ3n) is 5.00. The first-order valence-corrected chi connectivity index (χ1v) is 10.2. The molecule has 2 aromatic carbocycles. The van der Waals surface area contributed by atoms with Crippen LogP contribution in [0.4, 0.5) is 4.39 Å². The number of carbonyl (C=O) groups excluding carboxylic acids is 1. The van der Waals surface area contributed by atoms with Gasteiger partial charge in [-0.05, 0) is 25.0 Å². The van der Waals surface area contributed by atoms with Crippen molar-refractivity contribution in [2.75, 3.05) is 12.8 Å². The van der Waals surface area contributed by atoms with E-state index in [-0.39, 0.29) is 16.3 Å². The van der Waals surface area contributed by atoms with Crippen molar-refractivity contribution < 1.29 is 17.6 Å². The molecule has 6 heteroatoms. The maximum absolute atomic E-state index is 13.9. The van der Waals surface area contributed by atoms with E-state index in [0.717, 1.165) is 31.7 Å². The zero-order valence-corrected chi connectivity index (χ0v) is 15.1. The molecule has 1 amide bonds. The molecule has 0 spiro atoms. The van der Waals surface area contributed by atoms with Crippen LogP contribution in [0.5, 0.6) is 0 Å². The molecule has 0 radical (unpaired) electrons. The first-order valence-electron chi connectivity index (χ1n) is 8.56. The van der Waals surface area contributed by atoms with E-state index < -0.39 is 27.3 Å². The SMILES string of the molecule is CN(C(=O)CS(=O)(=O)c1ccc(F)c2ccccc12)C1CCCCC1. The molecule has 0 heterocycles. The maximum atomic E-state index is 13.9. The van der Waals surface area contributed by atoms with Crippen LogP contribution in [0.15, 0.2) is 41.3 Å². The minimum absolute atomic E-state index is 0.00916. The van der Waals surface area contributed by atoms with E-state index in [4.69, 9.17) is 0 Å². The summed E-state index contributed by atoms with van der Waals surface area (Å²) in [7, 11) is -2.17. The largest absolute Gasteiger partial charge is 0.342 e. The van der Waals surface area contributed by atoms with Gasteiger partial charge in [-0.2, -0.15) is 0 Å². The lowest BCUT2D eigenvalue weighted by Gasteiger charge is -2.31. The van der Waals surface area contributed by atoms with Crippen LogP contribution in [0.1, 0.15) is 32.1 Å². The van der Waals surface area contributed by atoms with E-state index >= 15 is 0 Å². The molecule has 25 heavy (non-hydrogen) atoms. The smallest absolute Gasteiger partial charge is 0.238 e. The monoisotopic (exact) mass is 363 g/mol. The van der Waals surface area contributed by atoms with Crippen LogP contribution in [-0.2, 0) is 14.6 Å². The van der Waals surface area contributed by atoms with Gasteiger partial charge in [0.05, 0.1) is 4.90 Å². The zero-order chi connectivity index (χ0) is 18.0. The predicted octanol–water partition coefficient (Wildman–Crippen LogP) is 3.54. The summed E-state index contributed by atoms with van der Waals surface area (Å²) < 4.78 is 39.5. The van der Waals surface area contributed by atoms with E-state index in [1.165, 1.54) is 12.5 Å². The van der Waals surface area contributed by atoms with Gasteiger partial charge in [0, 0.05) is 23.9 Å². The fourth-order valence-corrected chi connectivity index (χ4v) is 4.99. The lowest BCUT2D eigenvalue weighted by atomic mass is 9.94. The molecule has 0 atom stereocenters. The van der Waals surface area contributed by atoms with Crippen molar-refractivity contribution in [3.8, 4) is 0 Å². The molecule has 2 aromatic rings. The van der Waals surface area contributed by atoms with Crippen molar-refractivity contribution in [3.63, 3.8) is 0 Å². The number of sulfone groups is 1. The van der Waals surface area contributed by atoms with Gasteiger partial charge >= 0.3 is 0 Å². The summed E-state index contributed by atoms with van der Waals surface area (Å²) >= 11 is 0. The summed E-state index contributed by atoms with van der Waals surface area (Å²) in [5.41, 5.74) is 0. The third kappa shape index (κ3) is 3.68. The van der Waals surface area contributed by atoms with Gasteiger partial charge in [-0.3, -0.25) is 4.79 Å².